The van der Waals surface area contributed by atoms with Crippen LogP contribution < -0.4 is 10.2 Å². The number of anilines is 2. The van der Waals surface area contributed by atoms with E-state index in [-0.39, 0.29) is 25.5 Å². The Morgan fingerprint density at radius 1 is 1.17 bits per heavy atom. The van der Waals surface area contributed by atoms with E-state index in [1.165, 1.54) is 12.0 Å². The fourth-order valence-corrected chi connectivity index (χ4v) is 3.33. The molecule has 152 valence electrons. The lowest BCUT2D eigenvalue weighted by Crippen LogP contribution is -2.39. The predicted molar refractivity (Wildman–Crippen MR) is 111 cm³/mol. The third kappa shape index (κ3) is 4.75. The van der Waals surface area contributed by atoms with Crippen LogP contribution in [0.1, 0.15) is 12.0 Å². The molecule has 1 atom stereocenters. The number of hydrogen-bond donors (Lipinski definition) is 1. The summed E-state index contributed by atoms with van der Waals surface area (Å²) >= 11 is 5.85. The zero-order chi connectivity index (χ0) is 21.0. The molecule has 0 unspecified atom stereocenters. The average molecular weight is 416 g/mol. The zero-order valence-corrected chi connectivity index (χ0v) is 17.0. The first-order valence-corrected chi connectivity index (χ1v) is 9.54. The van der Waals surface area contributed by atoms with E-state index in [1.54, 1.807) is 42.5 Å². The summed E-state index contributed by atoms with van der Waals surface area (Å²) < 4.78 is 5.07. The van der Waals surface area contributed by atoms with Crippen LogP contribution in [0.3, 0.4) is 0 Å². The van der Waals surface area contributed by atoms with Crippen molar-refractivity contribution in [3.05, 3.63) is 59.1 Å². The number of benzene rings is 2. The number of urea groups is 1. The summed E-state index contributed by atoms with van der Waals surface area (Å²) in [4.78, 5) is 41.1. The molecule has 0 aliphatic carbocycles. The van der Waals surface area contributed by atoms with E-state index < -0.39 is 18.0 Å². The number of methoxy groups -OCH3 is 1. The summed E-state index contributed by atoms with van der Waals surface area (Å²) in [5.41, 5.74) is 1.98. The zero-order valence-electron chi connectivity index (χ0n) is 16.2. The standard InChI is InChI=1S/C21H22ClN3O4/c1-14-4-3-5-17(12-14)25-20(27)18(24(21(25)28)10-11-29-2)13-19(26)23-16-8-6-15(22)7-9-16/h3-9,12,18H,10-11,13H2,1-2H3,(H,23,26)/t18-/m0/s1. The smallest absolute Gasteiger partial charge is 0.332 e. The third-order valence-electron chi connectivity index (χ3n) is 4.62. The van der Waals surface area contributed by atoms with Gasteiger partial charge in [-0.15, -0.1) is 0 Å². The monoisotopic (exact) mass is 415 g/mol. The highest BCUT2D eigenvalue weighted by Crippen LogP contribution is 2.27. The van der Waals surface area contributed by atoms with Gasteiger partial charge in [0, 0.05) is 24.4 Å². The van der Waals surface area contributed by atoms with E-state index in [0.717, 1.165) is 10.5 Å². The van der Waals surface area contributed by atoms with Gasteiger partial charge in [-0.2, -0.15) is 0 Å². The van der Waals surface area contributed by atoms with Crippen LogP contribution in [0.4, 0.5) is 16.2 Å². The summed E-state index contributed by atoms with van der Waals surface area (Å²) in [7, 11) is 1.52. The van der Waals surface area contributed by atoms with E-state index in [1.807, 2.05) is 13.0 Å². The lowest BCUT2D eigenvalue weighted by molar-refractivity contribution is -0.124. The number of ether oxygens (including phenoxy) is 1. The molecule has 1 aliphatic heterocycles. The second-order valence-electron chi connectivity index (χ2n) is 6.76. The minimum atomic E-state index is -0.898. The second-order valence-corrected chi connectivity index (χ2v) is 7.19. The Bertz CT molecular complexity index is 916. The SMILES string of the molecule is COCCN1C(=O)N(c2cccc(C)c2)C(=O)[C@@H]1CC(=O)Nc1ccc(Cl)cc1. The first-order valence-electron chi connectivity index (χ1n) is 9.16. The predicted octanol–water partition coefficient (Wildman–Crippen LogP) is 3.46. The van der Waals surface area contributed by atoms with Crippen molar-refractivity contribution in [2.45, 2.75) is 19.4 Å². The molecule has 0 aromatic heterocycles. The molecule has 7 nitrogen and oxygen atoms in total. The number of carbonyl (C=O) groups is 3. The molecule has 4 amide bonds. The molecule has 2 aromatic rings. The van der Waals surface area contributed by atoms with Gasteiger partial charge in [0.2, 0.25) is 5.91 Å². The lowest BCUT2D eigenvalue weighted by Gasteiger charge is -2.21. The Labute approximate surface area is 174 Å². The van der Waals surface area contributed by atoms with E-state index >= 15 is 0 Å². The fraction of sp³-hybridized carbons (Fsp3) is 0.286. The maximum Gasteiger partial charge on any atom is 0.332 e. The summed E-state index contributed by atoms with van der Waals surface area (Å²) in [5.74, 6) is -0.796. The number of aryl methyl sites for hydroxylation is 1. The van der Waals surface area contributed by atoms with Gasteiger partial charge in [0.05, 0.1) is 18.7 Å². The quantitative estimate of drug-likeness (QED) is 0.702. The highest BCUT2D eigenvalue weighted by molar-refractivity contribution is 6.30. The number of amides is 4. The number of carbonyl (C=O) groups excluding carboxylic acids is 3. The van der Waals surface area contributed by atoms with Crippen LogP contribution in [0.15, 0.2) is 48.5 Å². The third-order valence-corrected chi connectivity index (χ3v) is 4.87. The van der Waals surface area contributed by atoms with Gasteiger partial charge in [-0.1, -0.05) is 23.7 Å². The van der Waals surface area contributed by atoms with Crippen molar-refractivity contribution in [2.75, 3.05) is 30.5 Å². The van der Waals surface area contributed by atoms with E-state index in [2.05, 4.69) is 5.32 Å². The molecular formula is C21H22ClN3O4. The number of hydrogen-bond acceptors (Lipinski definition) is 4. The highest BCUT2D eigenvalue weighted by atomic mass is 35.5. The minimum Gasteiger partial charge on any atom is -0.383 e. The summed E-state index contributed by atoms with van der Waals surface area (Å²) in [6.07, 6.45) is -0.154. The molecule has 29 heavy (non-hydrogen) atoms. The molecule has 1 heterocycles. The largest absolute Gasteiger partial charge is 0.383 e. The molecule has 1 N–H and O–H groups in total. The summed E-state index contributed by atoms with van der Waals surface area (Å²) in [5, 5.41) is 3.29. The molecule has 1 aliphatic rings. The highest BCUT2D eigenvalue weighted by Gasteiger charge is 2.46. The van der Waals surface area contributed by atoms with Crippen molar-refractivity contribution in [3.63, 3.8) is 0 Å². The van der Waals surface area contributed by atoms with Crippen molar-refractivity contribution in [1.82, 2.24) is 4.90 Å². The number of imide groups is 1. The molecule has 0 bridgehead atoms. The van der Waals surface area contributed by atoms with Crippen LogP contribution in [0.25, 0.3) is 0 Å². The van der Waals surface area contributed by atoms with Crippen LogP contribution in [0.2, 0.25) is 5.02 Å². The molecule has 8 heteroatoms. The molecule has 1 saturated heterocycles. The van der Waals surface area contributed by atoms with Gasteiger partial charge in [-0.3, -0.25) is 9.59 Å². The van der Waals surface area contributed by atoms with Crippen LogP contribution in [-0.4, -0.2) is 49.0 Å². The van der Waals surface area contributed by atoms with Gasteiger partial charge in [0.25, 0.3) is 5.91 Å². The Morgan fingerprint density at radius 3 is 2.55 bits per heavy atom. The van der Waals surface area contributed by atoms with Crippen LogP contribution >= 0.6 is 11.6 Å². The molecule has 1 fully saturated rings. The van der Waals surface area contributed by atoms with Gasteiger partial charge >= 0.3 is 6.03 Å². The number of nitrogens with one attached hydrogen (secondary N) is 1. The Kier molecular flexibility index (Phi) is 6.51. The van der Waals surface area contributed by atoms with Gasteiger partial charge in [-0.25, -0.2) is 9.69 Å². The van der Waals surface area contributed by atoms with E-state index in [0.29, 0.717) is 16.4 Å². The Balaban J connectivity index is 1.80. The molecule has 0 saturated carbocycles. The maximum atomic E-state index is 13.1. The lowest BCUT2D eigenvalue weighted by atomic mass is 10.1. The number of halogens is 1. The Hall–Kier alpha value is -2.90. The first kappa shape index (κ1) is 20.8. The van der Waals surface area contributed by atoms with Crippen molar-refractivity contribution < 1.29 is 19.1 Å². The molecule has 3 rings (SSSR count). The van der Waals surface area contributed by atoms with Crippen LogP contribution in [-0.2, 0) is 14.3 Å². The molecular weight excluding hydrogens is 394 g/mol. The van der Waals surface area contributed by atoms with E-state index in [4.69, 9.17) is 16.3 Å². The van der Waals surface area contributed by atoms with Crippen LogP contribution in [0, 0.1) is 6.92 Å². The normalized spacial score (nSPS) is 16.4. The number of rotatable bonds is 7. The van der Waals surface area contributed by atoms with Crippen molar-refractivity contribution in [2.24, 2.45) is 0 Å². The van der Waals surface area contributed by atoms with Crippen molar-refractivity contribution in [1.29, 1.82) is 0 Å². The topological polar surface area (TPSA) is 79.0 Å². The van der Waals surface area contributed by atoms with E-state index in [9.17, 15) is 14.4 Å². The summed E-state index contributed by atoms with van der Waals surface area (Å²) in [6.45, 7) is 2.35. The summed E-state index contributed by atoms with van der Waals surface area (Å²) in [6, 6.07) is 12.4. The first-order chi connectivity index (χ1) is 13.9. The second kappa shape index (κ2) is 9.07. The van der Waals surface area contributed by atoms with Crippen LogP contribution in [0.5, 0.6) is 0 Å². The minimum absolute atomic E-state index is 0.154. The van der Waals surface area contributed by atoms with Gasteiger partial charge in [0.15, 0.2) is 0 Å². The van der Waals surface area contributed by atoms with Crippen molar-refractivity contribution in [3.8, 4) is 0 Å². The van der Waals surface area contributed by atoms with Gasteiger partial charge in [0.1, 0.15) is 6.04 Å². The fourth-order valence-electron chi connectivity index (χ4n) is 3.20. The van der Waals surface area contributed by atoms with Crippen molar-refractivity contribution >= 4 is 40.8 Å². The maximum absolute atomic E-state index is 13.1. The average Bonchev–Trinajstić information content (AvgIpc) is 2.91. The Morgan fingerprint density at radius 2 is 1.90 bits per heavy atom. The van der Waals surface area contributed by atoms with Gasteiger partial charge < -0.3 is 15.0 Å². The molecule has 0 spiro atoms. The van der Waals surface area contributed by atoms with Gasteiger partial charge in [-0.05, 0) is 48.9 Å². The molecule has 0 radical (unpaired) electrons. The number of nitrogens with zero attached hydrogens (tertiary/aromatic N) is 2. The molecule has 2 aromatic carbocycles.